The molecule has 1 saturated heterocycles. The third-order valence-corrected chi connectivity index (χ3v) is 4.85. The molecule has 0 unspecified atom stereocenters. The van der Waals surface area contributed by atoms with E-state index in [1.54, 1.807) is 17.2 Å². The van der Waals surface area contributed by atoms with Crippen LogP contribution in [0.5, 0.6) is 0 Å². The molecular weight excluding hydrogens is 345 g/mol. The van der Waals surface area contributed by atoms with Crippen molar-refractivity contribution in [1.29, 1.82) is 0 Å². The van der Waals surface area contributed by atoms with Gasteiger partial charge in [0, 0.05) is 50.0 Å². The lowest BCUT2D eigenvalue weighted by Gasteiger charge is -2.23. The predicted molar refractivity (Wildman–Crippen MR) is 101 cm³/mol. The fourth-order valence-corrected chi connectivity index (χ4v) is 3.44. The van der Waals surface area contributed by atoms with Crippen LogP contribution < -0.4 is 4.90 Å². The number of benzene rings is 1. The van der Waals surface area contributed by atoms with Gasteiger partial charge in [0.25, 0.3) is 5.91 Å². The largest absolute Gasteiger partial charge is 0.355 e. The zero-order valence-corrected chi connectivity index (χ0v) is 15.1. The van der Waals surface area contributed by atoms with Crippen LogP contribution in [0.25, 0.3) is 10.9 Å². The van der Waals surface area contributed by atoms with Crippen molar-refractivity contribution >= 4 is 22.6 Å². The van der Waals surface area contributed by atoms with Crippen LogP contribution >= 0.6 is 0 Å². The zero-order valence-electron chi connectivity index (χ0n) is 15.1. The average Bonchev–Trinajstić information content (AvgIpc) is 2.94. The quantitative estimate of drug-likeness (QED) is 0.699. The lowest BCUT2D eigenvalue weighted by atomic mass is 10.1. The molecule has 3 heterocycles. The van der Waals surface area contributed by atoms with Gasteiger partial charge in [0.05, 0.1) is 11.7 Å². The summed E-state index contributed by atoms with van der Waals surface area (Å²) in [6, 6.07) is 6.72. The Kier molecular flexibility index (Phi) is 4.66. The first-order valence-electron chi connectivity index (χ1n) is 8.99. The van der Waals surface area contributed by atoms with Crippen molar-refractivity contribution in [3.05, 3.63) is 59.9 Å². The first-order valence-corrected chi connectivity index (χ1v) is 8.99. The van der Waals surface area contributed by atoms with Crippen molar-refractivity contribution in [2.45, 2.75) is 13.3 Å². The van der Waals surface area contributed by atoms with Crippen molar-refractivity contribution in [2.75, 3.05) is 31.1 Å². The third kappa shape index (κ3) is 3.58. The SMILES string of the molecule is Cc1cc(N2CCCN(C(=O)c3cnccn3)CC2)nc2cc(F)ccc12. The normalized spacial score (nSPS) is 15.0. The summed E-state index contributed by atoms with van der Waals surface area (Å²) in [5.74, 6) is 0.428. The Balaban J connectivity index is 1.54. The highest BCUT2D eigenvalue weighted by atomic mass is 19.1. The number of hydrogen-bond donors (Lipinski definition) is 0. The predicted octanol–water partition coefficient (Wildman–Crippen LogP) is 2.82. The summed E-state index contributed by atoms with van der Waals surface area (Å²) in [7, 11) is 0. The summed E-state index contributed by atoms with van der Waals surface area (Å²) < 4.78 is 13.6. The molecular formula is C20H20FN5O. The molecule has 1 aliphatic heterocycles. The molecule has 2 aromatic heterocycles. The summed E-state index contributed by atoms with van der Waals surface area (Å²) in [6.07, 6.45) is 5.40. The van der Waals surface area contributed by atoms with E-state index in [1.807, 2.05) is 13.0 Å². The van der Waals surface area contributed by atoms with Crippen LogP contribution in [0.4, 0.5) is 10.2 Å². The molecule has 7 heteroatoms. The molecule has 4 rings (SSSR count). The minimum Gasteiger partial charge on any atom is -0.355 e. The molecule has 1 aliphatic rings. The molecule has 0 N–H and O–H groups in total. The number of anilines is 1. The number of pyridine rings is 1. The van der Waals surface area contributed by atoms with E-state index in [2.05, 4.69) is 19.9 Å². The van der Waals surface area contributed by atoms with E-state index in [0.717, 1.165) is 29.7 Å². The molecule has 27 heavy (non-hydrogen) atoms. The van der Waals surface area contributed by atoms with Crippen LogP contribution in [0.1, 0.15) is 22.5 Å². The molecule has 1 aromatic carbocycles. The summed E-state index contributed by atoms with van der Waals surface area (Å²) in [6.45, 7) is 4.70. The van der Waals surface area contributed by atoms with Gasteiger partial charge >= 0.3 is 0 Å². The van der Waals surface area contributed by atoms with E-state index in [-0.39, 0.29) is 11.7 Å². The fourth-order valence-electron chi connectivity index (χ4n) is 3.44. The van der Waals surface area contributed by atoms with Gasteiger partial charge in [-0.1, -0.05) is 0 Å². The molecule has 3 aromatic rings. The molecule has 0 saturated carbocycles. The first kappa shape index (κ1) is 17.3. The molecule has 0 aliphatic carbocycles. The Labute approximate surface area is 156 Å². The summed E-state index contributed by atoms with van der Waals surface area (Å²) >= 11 is 0. The second-order valence-corrected chi connectivity index (χ2v) is 6.68. The third-order valence-electron chi connectivity index (χ3n) is 4.85. The van der Waals surface area contributed by atoms with Crippen molar-refractivity contribution in [3.8, 4) is 0 Å². The summed E-state index contributed by atoms with van der Waals surface area (Å²) in [5, 5.41) is 0.953. The Morgan fingerprint density at radius 1 is 1.11 bits per heavy atom. The van der Waals surface area contributed by atoms with E-state index in [9.17, 15) is 9.18 Å². The highest BCUT2D eigenvalue weighted by Gasteiger charge is 2.22. The van der Waals surface area contributed by atoms with E-state index in [1.165, 1.54) is 24.5 Å². The first-order chi connectivity index (χ1) is 13.1. The minimum absolute atomic E-state index is 0.102. The maximum Gasteiger partial charge on any atom is 0.274 e. The van der Waals surface area contributed by atoms with Gasteiger partial charge in [0.15, 0.2) is 0 Å². The number of carbonyl (C=O) groups is 1. The highest BCUT2D eigenvalue weighted by Crippen LogP contribution is 2.24. The van der Waals surface area contributed by atoms with Gasteiger partial charge in [0.1, 0.15) is 17.3 Å². The number of amides is 1. The van der Waals surface area contributed by atoms with Gasteiger partial charge in [-0.25, -0.2) is 14.4 Å². The molecule has 138 valence electrons. The molecule has 1 fully saturated rings. The standard InChI is InChI=1S/C20H20FN5O/c1-14-11-19(24-17-12-15(21)3-4-16(14)17)25-7-2-8-26(10-9-25)20(27)18-13-22-5-6-23-18/h3-6,11-13H,2,7-10H2,1H3. The van der Waals surface area contributed by atoms with E-state index in [4.69, 9.17) is 0 Å². The molecule has 0 atom stereocenters. The van der Waals surface area contributed by atoms with Crippen molar-refractivity contribution in [2.24, 2.45) is 0 Å². The van der Waals surface area contributed by atoms with Crippen molar-refractivity contribution in [1.82, 2.24) is 19.9 Å². The van der Waals surface area contributed by atoms with Crippen molar-refractivity contribution < 1.29 is 9.18 Å². The van der Waals surface area contributed by atoms with E-state index < -0.39 is 0 Å². The van der Waals surface area contributed by atoms with Crippen LogP contribution in [-0.2, 0) is 0 Å². The van der Waals surface area contributed by atoms with Crippen LogP contribution in [0.15, 0.2) is 42.9 Å². The molecule has 6 nitrogen and oxygen atoms in total. The Hall–Kier alpha value is -3.09. The van der Waals surface area contributed by atoms with Crippen LogP contribution in [0.3, 0.4) is 0 Å². The van der Waals surface area contributed by atoms with Gasteiger partial charge in [0.2, 0.25) is 0 Å². The number of nitrogens with zero attached hydrogens (tertiary/aromatic N) is 5. The van der Waals surface area contributed by atoms with Gasteiger partial charge in [-0.3, -0.25) is 9.78 Å². The van der Waals surface area contributed by atoms with E-state index in [0.29, 0.717) is 30.8 Å². The summed E-state index contributed by atoms with van der Waals surface area (Å²) in [4.78, 5) is 29.3. The Morgan fingerprint density at radius 2 is 2.00 bits per heavy atom. The van der Waals surface area contributed by atoms with Crippen LogP contribution in [0.2, 0.25) is 0 Å². The number of fused-ring (bicyclic) bond motifs is 1. The van der Waals surface area contributed by atoms with Crippen LogP contribution in [-0.4, -0.2) is 51.9 Å². The molecule has 1 amide bonds. The van der Waals surface area contributed by atoms with Crippen LogP contribution in [0, 0.1) is 12.7 Å². The number of rotatable bonds is 2. The Bertz CT molecular complexity index is 979. The fraction of sp³-hybridized carbons (Fsp3) is 0.300. The lowest BCUT2D eigenvalue weighted by molar-refractivity contribution is 0.0760. The maximum absolute atomic E-state index is 13.6. The van der Waals surface area contributed by atoms with E-state index >= 15 is 0 Å². The van der Waals surface area contributed by atoms with Gasteiger partial charge in [-0.05, 0) is 37.1 Å². The monoisotopic (exact) mass is 365 g/mol. The van der Waals surface area contributed by atoms with Gasteiger partial charge in [-0.15, -0.1) is 0 Å². The average molecular weight is 365 g/mol. The van der Waals surface area contributed by atoms with Crippen molar-refractivity contribution in [3.63, 3.8) is 0 Å². The maximum atomic E-state index is 13.6. The highest BCUT2D eigenvalue weighted by molar-refractivity contribution is 5.92. The number of aryl methyl sites for hydroxylation is 1. The topological polar surface area (TPSA) is 62.2 Å². The number of hydrogen-bond acceptors (Lipinski definition) is 5. The lowest BCUT2D eigenvalue weighted by Crippen LogP contribution is -2.35. The minimum atomic E-state index is -0.289. The second-order valence-electron chi connectivity index (χ2n) is 6.68. The summed E-state index contributed by atoms with van der Waals surface area (Å²) in [5.41, 5.74) is 2.08. The van der Waals surface area contributed by atoms with Gasteiger partial charge in [-0.2, -0.15) is 0 Å². The Morgan fingerprint density at radius 3 is 2.81 bits per heavy atom. The number of aromatic nitrogens is 3. The zero-order chi connectivity index (χ0) is 18.8. The number of halogens is 1. The molecule has 0 spiro atoms. The smallest absolute Gasteiger partial charge is 0.274 e. The van der Waals surface area contributed by atoms with Gasteiger partial charge < -0.3 is 9.80 Å². The molecule has 0 radical (unpaired) electrons. The second kappa shape index (κ2) is 7.26. The number of carbonyl (C=O) groups excluding carboxylic acids is 1. The molecule has 0 bridgehead atoms.